The molecule has 2 aromatic heterocycles. The Bertz CT molecular complexity index is 544. The summed E-state index contributed by atoms with van der Waals surface area (Å²) in [7, 11) is 4.01. The first-order valence-corrected chi connectivity index (χ1v) is 7.60. The van der Waals surface area contributed by atoms with Gasteiger partial charge >= 0.3 is 0 Å². The van der Waals surface area contributed by atoms with Crippen LogP contribution in [0.25, 0.3) is 0 Å². The first kappa shape index (κ1) is 13.8. The highest BCUT2D eigenvalue weighted by atomic mass is 79.9. The number of rotatable bonds is 4. The van der Waals surface area contributed by atoms with Crippen LogP contribution >= 0.6 is 27.3 Å². The maximum Gasteiger partial charge on any atom is 0.0644 e. The van der Waals surface area contributed by atoms with Crippen LogP contribution in [0.1, 0.15) is 27.9 Å². The molecule has 0 bridgehead atoms. The molecular formula is C13H18BrN3S. The van der Waals surface area contributed by atoms with Gasteiger partial charge in [0, 0.05) is 45.5 Å². The Hall–Kier alpha value is -0.650. The number of hydrogen-bond donors (Lipinski definition) is 1. The predicted molar refractivity (Wildman–Crippen MR) is 80.2 cm³/mol. The summed E-state index contributed by atoms with van der Waals surface area (Å²) in [4.78, 5) is 1.38. The minimum absolute atomic E-state index is 0.323. The van der Waals surface area contributed by atoms with Crippen LogP contribution in [0.5, 0.6) is 0 Å². The molecule has 0 fully saturated rings. The molecule has 3 nitrogen and oxygen atoms in total. The summed E-state index contributed by atoms with van der Waals surface area (Å²) in [6, 6.07) is 2.51. The minimum Gasteiger partial charge on any atom is -0.313 e. The second-order valence-electron chi connectivity index (χ2n) is 4.48. The average molecular weight is 328 g/mol. The van der Waals surface area contributed by atoms with Gasteiger partial charge in [0.25, 0.3) is 0 Å². The summed E-state index contributed by atoms with van der Waals surface area (Å²) >= 11 is 5.30. The lowest BCUT2D eigenvalue weighted by Gasteiger charge is -2.16. The molecule has 5 heteroatoms. The lowest BCUT2D eigenvalue weighted by molar-refractivity contribution is 0.588. The maximum absolute atomic E-state index is 4.50. The van der Waals surface area contributed by atoms with E-state index in [4.69, 9.17) is 0 Å². The molecule has 1 atom stereocenters. The summed E-state index contributed by atoms with van der Waals surface area (Å²) in [5, 5.41) is 10.0. The molecular weight excluding hydrogens is 310 g/mol. The highest BCUT2D eigenvalue weighted by Crippen LogP contribution is 2.28. The van der Waals surface area contributed by atoms with E-state index >= 15 is 0 Å². The Kier molecular flexibility index (Phi) is 4.25. The Morgan fingerprint density at radius 1 is 1.50 bits per heavy atom. The SMILES string of the molecule is CNC(Cc1cc(Br)cs1)c1c(C)nn(C)c1C. The van der Waals surface area contributed by atoms with Gasteiger partial charge in [-0.2, -0.15) is 5.10 Å². The fourth-order valence-corrected chi connectivity index (χ4v) is 3.80. The van der Waals surface area contributed by atoms with E-state index in [0.717, 1.165) is 16.6 Å². The molecule has 0 saturated heterocycles. The van der Waals surface area contributed by atoms with Crippen molar-refractivity contribution in [3.05, 3.63) is 37.7 Å². The van der Waals surface area contributed by atoms with Gasteiger partial charge in [-0.3, -0.25) is 4.68 Å². The van der Waals surface area contributed by atoms with E-state index in [-0.39, 0.29) is 0 Å². The number of halogens is 1. The molecule has 98 valence electrons. The van der Waals surface area contributed by atoms with Crippen molar-refractivity contribution in [2.45, 2.75) is 26.3 Å². The van der Waals surface area contributed by atoms with Crippen molar-refractivity contribution in [1.29, 1.82) is 0 Å². The number of nitrogens with one attached hydrogen (secondary N) is 1. The van der Waals surface area contributed by atoms with Gasteiger partial charge in [0.05, 0.1) is 5.69 Å². The van der Waals surface area contributed by atoms with E-state index in [0.29, 0.717) is 6.04 Å². The Morgan fingerprint density at radius 2 is 2.22 bits per heavy atom. The van der Waals surface area contributed by atoms with Gasteiger partial charge in [-0.05, 0) is 42.9 Å². The molecule has 1 unspecified atom stereocenters. The van der Waals surface area contributed by atoms with E-state index in [2.05, 4.69) is 51.6 Å². The minimum atomic E-state index is 0.323. The third kappa shape index (κ3) is 2.68. The van der Waals surface area contributed by atoms with Crippen molar-refractivity contribution in [1.82, 2.24) is 15.1 Å². The van der Waals surface area contributed by atoms with Gasteiger partial charge < -0.3 is 5.32 Å². The van der Waals surface area contributed by atoms with Crippen molar-refractivity contribution < 1.29 is 0 Å². The van der Waals surface area contributed by atoms with Crippen molar-refractivity contribution in [3.8, 4) is 0 Å². The van der Waals surface area contributed by atoms with Crippen LogP contribution in [0, 0.1) is 13.8 Å². The second kappa shape index (κ2) is 5.55. The molecule has 0 aliphatic heterocycles. The van der Waals surface area contributed by atoms with Crippen LogP contribution in [0.4, 0.5) is 0 Å². The van der Waals surface area contributed by atoms with Gasteiger partial charge in [-0.25, -0.2) is 0 Å². The van der Waals surface area contributed by atoms with Crippen LogP contribution in [0.2, 0.25) is 0 Å². The lowest BCUT2D eigenvalue weighted by Crippen LogP contribution is -2.20. The van der Waals surface area contributed by atoms with Crippen molar-refractivity contribution >= 4 is 27.3 Å². The normalized spacial score (nSPS) is 12.9. The van der Waals surface area contributed by atoms with E-state index in [9.17, 15) is 0 Å². The van der Waals surface area contributed by atoms with E-state index in [1.807, 2.05) is 18.8 Å². The number of aryl methyl sites for hydroxylation is 2. The van der Waals surface area contributed by atoms with Crippen LogP contribution in [-0.2, 0) is 13.5 Å². The van der Waals surface area contributed by atoms with Crippen molar-refractivity contribution in [2.24, 2.45) is 7.05 Å². The number of hydrogen-bond acceptors (Lipinski definition) is 3. The zero-order chi connectivity index (χ0) is 13.3. The predicted octanol–water partition coefficient (Wildman–Crippen LogP) is 3.36. The number of thiophene rings is 1. The van der Waals surface area contributed by atoms with Crippen molar-refractivity contribution in [3.63, 3.8) is 0 Å². The molecule has 1 N–H and O–H groups in total. The highest BCUT2D eigenvalue weighted by Gasteiger charge is 2.19. The van der Waals surface area contributed by atoms with Gasteiger partial charge in [-0.1, -0.05) is 0 Å². The molecule has 0 aromatic carbocycles. The van der Waals surface area contributed by atoms with E-state index in [1.54, 1.807) is 11.3 Å². The number of aromatic nitrogens is 2. The Labute approximate surface area is 120 Å². The van der Waals surface area contributed by atoms with E-state index < -0.39 is 0 Å². The summed E-state index contributed by atoms with van der Waals surface area (Å²) < 4.78 is 3.12. The summed E-state index contributed by atoms with van der Waals surface area (Å²) in [5.41, 5.74) is 3.68. The van der Waals surface area contributed by atoms with Gasteiger partial charge in [0.2, 0.25) is 0 Å². The van der Waals surface area contributed by atoms with Crippen LogP contribution in [-0.4, -0.2) is 16.8 Å². The van der Waals surface area contributed by atoms with Crippen LogP contribution < -0.4 is 5.32 Å². The fraction of sp³-hybridized carbons (Fsp3) is 0.462. The zero-order valence-corrected chi connectivity index (χ0v) is 13.5. The zero-order valence-electron chi connectivity index (χ0n) is 11.1. The smallest absolute Gasteiger partial charge is 0.0644 e. The standard InChI is InChI=1S/C13H18BrN3S/c1-8-13(9(2)17(4)16-8)12(15-3)6-11-5-10(14)7-18-11/h5,7,12,15H,6H2,1-4H3. The van der Waals surface area contributed by atoms with Crippen molar-refractivity contribution in [2.75, 3.05) is 7.05 Å². The molecule has 0 radical (unpaired) electrons. The molecule has 0 spiro atoms. The third-order valence-electron chi connectivity index (χ3n) is 3.29. The summed E-state index contributed by atoms with van der Waals surface area (Å²) in [6.07, 6.45) is 1.00. The highest BCUT2D eigenvalue weighted by molar-refractivity contribution is 9.10. The van der Waals surface area contributed by atoms with Gasteiger partial charge in [-0.15, -0.1) is 11.3 Å². The van der Waals surface area contributed by atoms with Crippen LogP contribution in [0.15, 0.2) is 15.9 Å². The number of nitrogens with zero attached hydrogens (tertiary/aromatic N) is 2. The molecule has 18 heavy (non-hydrogen) atoms. The fourth-order valence-electron chi connectivity index (χ4n) is 2.30. The summed E-state index contributed by atoms with van der Waals surface area (Å²) in [5.74, 6) is 0. The topological polar surface area (TPSA) is 29.9 Å². The number of likely N-dealkylation sites (N-methyl/N-ethyl adjacent to an activating group) is 1. The first-order chi connectivity index (χ1) is 8.52. The Morgan fingerprint density at radius 3 is 2.67 bits per heavy atom. The average Bonchev–Trinajstić information content (AvgIpc) is 2.82. The van der Waals surface area contributed by atoms with Gasteiger partial charge in [0.1, 0.15) is 0 Å². The lowest BCUT2D eigenvalue weighted by atomic mass is 10.0. The molecule has 0 aliphatic carbocycles. The largest absolute Gasteiger partial charge is 0.313 e. The van der Waals surface area contributed by atoms with E-state index in [1.165, 1.54) is 16.1 Å². The third-order valence-corrected chi connectivity index (χ3v) is 5.01. The molecule has 0 saturated carbocycles. The van der Waals surface area contributed by atoms with Gasteiger partial charge in [0.15, 0.2) is 0 Å². The quantitative estimate of drug-likeness (QED) is 0.933. The monoisotopic (exact) mass is 327 g/mol. The molecule has 2 rings (SSSR count). The molecule has 2 heterocycles. The molecule has 2 aromatic rings. The maximum atomic E-state index is 4.50. The summed E-state index contributed by atoms with van der Waals surface area (Å²) in [6.45, 7) is 4.21. The first-order valence-electron chi connectivity index (χ1n) is 5.93. The Balaban J connectivity index is 2.28. The molecule has 0 amide bonds. The second-order valence-corrected chi connectivity index (χ2v) is 6.40. The van der Waals surface area contributed by atoms with Crippen LogP contribution in [0.3, 0.4) is 0 Å². The molecule has 0 aliphatic rings.